The minimum absolute atomic E-state index is 0.288. The number of fused-ring (bicyclic) bond motifs is 1. The average molecular weight is 311 g/mol. The number of carbonyl (C=O) groups is 1. The molecule has 0 radical (unpaired) electrons. The van der Waals surface area contributed by atoms with Gasteiger partial charge in [-0.05, 0) is 38.8 Å². The molecule has 0 atom stereocenters. The lowest BCUT2D eigenvalue weighted by Gasteiger charge is -2.25. The lowest BCUT2D eigenvalue weighted by atomic mass is 10.1. The van der Waals surface area contributed by atoms with Gasteiger partial charge in [0, 0.05) is 6.54 Å². The molecule has 0 unspecified atom stereocenters. The summed E-state index contributed by atoms with van der Waals surface area (Å²) in [7, 11) is 0. The van der Waals surface area contributed by atoms with E-state index in [4.69, 9.17) is 15.3 Å². The summed E-state index contributed by atoms with van der Waals surface area (Å²) in [5.41, 5.74) is 4.01. The van der Waals surface area contributed by atoms with E-state index in [2.05, 4.69) is 10.5 Å². The Morgan fingerprint density at radius 1 is 1.35 bits per heavy atom. The first kappa shape index (κ1) is 16.3. The van der Waals surface area contributed by atoms with Gasteiger partial charge in [-0.25, -0.2) is 4.79 Å². The lowest BCUT2D eigenvalue weighted by Crippen LogP contribution is -2.36. The number of anilines is 2. The van der Waals surface area contributed by atoms with Gasteiger partial charge in [-0.15, -0.1) is 0 Å². The van der Waals surface area contributed by atoms with Crippen LogP contribution in [0, 0.1) is 22.7 Å². The number of nitrogens with one attached hydrogen (secondary N) is 1. The van der Waals surface area contributed by atoms with Crippen molar-refractivity contribution >= 4 is 23.2 Å². The number of hydrogen-bond donors (Lipinski definition) is 1. The van der Waals surface area contributed by atoms with E-state index in [1.54, 1.807) is 18.2 Å². The molecule has 0 saturated carbocycles. The SMILES string of the molecule is CC(C)(C)OC(=O)N1CCc2cccc(NN=C(C#N)C#N)c21. The van der Waals surface area contributed by atoms with Crippen LogP contribution >= 0.6 is 0 Å². The number of benzene rings is 1. The van der Waals surface area contributed by atoms with E-state index in [1.807, 2.05) is 32.9 Å². The summed E-state index contributed by atoms with van der Waals surface area (Å²) in [5.74, 6) is 0. The first-order valence-corrected chi connectivity index (χ1v) is 7.12. The van der Waals surface area contributed by atoms with Gasteiger partial charge >= 0.3 is 6.09 Å². The summed E-state index contributed by atoms with van der Waals surface area (Å²) in [6, 6.07) is 8.83. The molecule has 1 heterocycles. The average Bonchev–Trinajstić information content (AvgIpc) is 2.91. The van der Waals surface area contributed by atoms with Crippen LogP contribution in [-0.4, -0.2) is 24.0 Å². The van der Waals surface area contributed by atoms with Crippen molar-refractivity contribution in [1.29, 1.82) is 10.5 Å². The lowest BCUT2D eigenvalue weighted by molar-refractivity contribution is 0.0584. The Balaban J connectivity index is 2.31. The molecule has 118 valence electrons. The topological polar surface area (TPSA) is 102 Å². The molecule has 0 aliphatic carbocycles. The van der Waals surface area contributed by atoms with E-state index in [1.165, 1.54) is 4.90 Å². The zero-order chi connectivity index (χ0) is 17.0. The highest BCUT2D eigenvalue weighted by Gasteiger charge is 2.30. The van der Waals surface area contributed by atoms with E-state index < -0.39 is 11.7 Å². The van der Waals surface area contributed by atoms with E-state index in [0.29, 0.717) is 24.3 Å². The third-order valence-corrected chi connectivity index (χ3v) is 3.11. The summed E-state index contributed by atoms with van der Waals surface area (Å²) < 4.78 is 5.42. The Labute approximate surface area is 134 Å². The molecule has 1 aromatic carbocycles. The monoisotopic (exact) mass is 311 g/mol. The number of amides is 1. The molecule has 1 aliphatic rings. The van der Waals surface area contributed by atoms with Crippen LogP contribution in [0.15, 0.2) is 23.3 Å². The fraction of sp³-hybridized carbons (Fsp3) is 0.375. The van der Waals surface area contributed by atoms with Gasteiger partial charge in [-0.3, -0.25) is 10.3 Å². The van der Waals surface area contributed by atoms with Crippen LogP contribution in [0.1, 0.15) is 26.3 Å². The second-order valence-electron chi connectivity index (χ2n) is 5.99. The number of para-hydroxylation sites is 1. The molecule has 0 fully saturated rings. The van der Waals surface area contributed by atoms with E-state index >= 15 is 0 Å². The number of nitrogens with zero attached hydrogens (tertiary/aromatic N) is 4. The summed E-state index contributed by atoms with van der Waals surface area (Å²) in [4.78, 5) is 13.9. The second-order valence-corrected chi connectivity index (χ2v) is 5.99. The van der Waals surface area contributed by atoms with Gasteiger partial charge in [0.1, 0.15) is 17.7 Å². The summed E-state index contributed by atoms with van der Waals surface area (Å²) >= 11 is 0. The second kappa shape index (κ2) is 6.37. The van der Waals surface area contributed by atoms with E-state index in [0.717, 1.165) is 5.56 Å². The molecule has 1 N–H and O–H groups in total. The third kappa shape index (κ3) is 3.78. The highest BCUT2D eigenvalue weighted by atomic mass is 16.6. The molecule has 7 nitrogen and oxygen atoms in total. The predicted octanol–water partition coefficient (Wildman–Crippen LogP) is 2.80. The maximum absolute atomic E-state index is 12.4. The Bertz CT molecular complexity index is 718. The van der Waals surface area contributed by atoms with Gasteiger partial charge in [-0.1, -0.05) is 12.1 Å². The summed E-state index contributed by atoms with van der Waals surface area (Å²) in [6.45, 7) is 5.93. The highest BCUT2D eigenvalue weighted by molar-refractivity contribution is 6.10. The van der Waals surface area contributed by atoms with Gasteiger partial charge in [-0.2, -0.15) is 15.6 Å². The van der Waals surface area contributed by atoms with Crippen molar-refractivity contribution in [2.45, 2.75) is 32.8 Å². The third-order valence-electron chi connectivity index (χ3n) is 3.11. The minimum Gasteiger partial charge on any atom is -0.443 e. The van der Waals surface area contributed by atoms with Crippen LogP contribution in [0.25, 0.3) is 0 Å². The van der Waals surface area contributed by atoms with Gasteiger partial charge < -0.3 is 4.74 Å². The Hall–Kier alpha value is -3.06. The van der Waals surface area contributed by atoms with Gasteiger partial charge in [0.2, 0.25) is 5.71 Å². The quantitative estimate of drug-likeness (QED) is 0.668. The zero-order valence-corrected chi connectivity index (χ0v) is 13.3. The van der Waals surface area contributed by atoms with Crippen molar-refractivity contribution in [3.63, 3.8) is 0 Å². The molecule has 1 aliphatic heterocycles. The smallest absolute Gasteiger partial charge is 0.414 e. The maximum atomic E-state index is 12.4. The van der Waals surface area contributed by atoms with Crippen LogP contribution in [0.2, 0.25) is 0 Å². The Morgan fingerprint density at radius 3 is 2.65 bits per heavy atom. The largest absolute Gasteiger partial charge is 0.443 e. The number of ether oxygens (including phenoxy) is 1. The molecule has 0 spiro atoms. The van der Waals surface area contributed by atoms with Crippen molar-refractivity contribution in [3.8, 4) is 12.1 Å². The number of rotatable bonds is 2. The minimum atomic E-state index is -0.588. The van der Waals surface area contributed by atoms with E-state index in [9.17, 15) is 4.79 Å². The van der Waals surface area contributed by atoms with Crippen LogP contribution < -0.4 is 10.3 Å². The molecular formula is C16H17N5O2. The van der Waals surface area contributed by atoms with Crippen LogP contribution in [0.5, 0.6) is 0 Å². The highest BCUT2D eigenvalue weighted by Crippen LogP contribution is 2.36. The number of nitriles is 2. The van der Waals surface area contributed by atoms with Crippen molar-refractivity contribution in [2.75, 3.05) is 16.9 Å². The van der Waals surface area contributed by atoms with Crippen LogP contribution in [-0.2, 0) is 11.2 Å². The van der Waals surface area contributed by atoms with Gasteiger partial charge in [0.25, 0.3) is 0 Å². The predicted molar refractivity (Wildman–Crippen MR) is 86.0 cm³/mol. The standard InChI is InChI=1S/C16H17N5O2/c1-16(2,3)23-15(22)21-8-7-11-5-4-6-13(14(11)21)20-19-12(9-17)10-18/h4-6,20H,7-8H2,1-3H3. The number of hydrogen-bond acceptors (Lipinski definition) is 6. The molecule has 0 bridgehead atoms. The van der Waals surface area contributed by atoms with Crippen LogP contribution in [0.3, 0.4) is 0 Å². The molecule has 1 amide bonds. The fourth-order valence-electron chi connectivity index (χ4n) is 2.24. The number of hydrazone groups is 1. The summed E-state index contributed by atoms with van der Waals surface area (Å²) in [6.07, 6.45) is 0.271. The molecule has 0 aromatic heterocycles. The first-order valence-electron chi connectivity index (χ1n) is 7.12. The Morgan fingerprint density at radius 2 is 2.04 bits per heavy atom. The number of carbonyl (C=O) groups excluding carboxylic acids is 1. The van der Waals surface area contributed by atoms with E-state index in [-0.39, 0.29) is 5.71 Å². The molecule has 7 heteroatoms. The Kier molecular flexibility index (Phi) is 4.52. The van der Waals surface area contributed by atoms with Crippen molar-refractivity contribution in [3.05, 3.63) is 23.8 Å². The molecular weight excluding hydrogens is 294 g/mol. The molecule has 2 rings (SSSR count). The zero-order valence-electron chi connectivity index (χ0n) is 13.3. The van der Waals surface area contributed by atoms with Crippen molar-refractivity contribution < 1.29 is 9.53 Å². The molecule has 0 saturated heterocycles. The molecule has 23 heavy (non-hydrogen) atoms. The molecule has 1 aromatic rings. The normalized spacial score (nSPS) is 12.7. The van der Waals surface area contributed by atoms with Crippen molar-refractivity contribution in [1.82, 2.24) is 0 Å². The van der Waals surface area contributed by atoms with Gasteiger partial charge in [0.05, 0.1) is 11.4 Å². The van der Waals surface area contributed by atoms with Crippen molar-refractivity contribution in [2.24, 2.45) is 5.10 Å². The van der Waals surface area contributed by atoms with Gasteiger partial charge in [0.15, 0.2) is 0 Å². The van der Waals surface area contributed by atoms with Crippen LogP contribution in [0.4, 0.5) is 16.2 Å². The maximum Gasteiger partial charge on any atom is 0.414 e. The first-order chi connectivity index (χ1) is 10.9. The fourth-order valence-corrected chi connectivity index (χ4v) is 2.24. The summed E-state index contributed by atoms with van der Waals surface area (Å²) in [5, 5.41) is 21.2.